The van der Waals surface area contributed by atoms with Crippen LogP contribution in [0.15, 0.2) is 6.07 Å². The number of ether oxygens (including phenoxy) is 3. The van der Waals surface area contributed by atoms with Crippen LogP contribution in [0.5, 0.6) is 17.2 Å². The van der Waals surface area contributed by atoms with Crippen LogP contribution in [0.2, 0.25) is 0 Å². The van der Waals surface area contributed by atoms with Gasteiger partial charge < -0.3 is 19.5 Å². The summed E-state index contributed by atoms with van der Waals surface area (Å²) in [4.78, 5) is 0. The minimum absolute atomic E-state index is 0.660. The van der Waals surface area contributed by atoms with E-state index in [-0.39, 0.29) is 0 Å². The van der Waals surface area contributed by atoms with E-state index >= 15 is 0 Å². The molecule has 1 fully saturated rings. The SMILES string of the molecule is COc1cc(I)c(CNC2CC2)c(OC)c1OC. The summed E-state index contributed by atoms with van der Waals surface area (Å²) in [5.41, 5.74) is 1.13. The van der Waals surface area contributed by atoms with Crippen molar-refractivity contribution in [1.82, 2.24) is 5.32 Å². The molecule has 0 spiro atoms. The Morgan fingerprint density at radius 1 is 1.17 bits per heavy atom. The standard InChI is InChI=1S/C13H18INO3/c1-16-11-6-10(14)9(7-15-8-4-5-8)12(17-2)13(11)18-3/h6,8,15H,4-5,7H2,1-3H3. The quantitative estimate of drug-likeness (QED) is 0.789. The zero-order valence-corrected chi connectivity index (χ0v) is 13.0. The second-order valence-corrected chi connectivity index (χ2v) is 5.42. The van der Waals surface area contributed by atoms with Crippen molar-refractivity contribution in [2.24, 2.45) is 0 Å². The Labute approximate surface area is 121 Å². The molecule has 0 amide bonds. The summed E-state index contributed by atoms with van der Waals surface area (Å²) in [5, 5.41) is 3.50. The Morgan fingerprint density at radius 2 is 1.83 bits per heavy atom. The van der Waals surface area contributed by atoms with Crippen LogP contribution in [-0.4, -0.2) is 27.4 Å². The molecule has 0 bridgehead atoms. The fraction of sp³-hybridized carbons (Fsp3) is 0.538. The molecule has 100 valence electrons. The fourth-order valence-electron chi connectivity index (χ4n) is 1.88. The van der Waals surface area contributed by atoms with Gasteiger partial charge in [-0.15, -0.1) is 0 Å². The molecule has 1 saturated carbocycles. The molecule has 1 aliphatic carbocycles. The highest BCUT2D eigenvalue weighted by Crippen LogP contribution is 2.42. The van der Waals surface area contributed by atoms with Crippen molar-refractivity contribution in [3.8, 4) is 17.2 Å². The highest BCUT2D eigenvalue weighted by molar-refractivity contribution is 14.1. The average molecular weight is 363 g/mol. The number of hydrogen-bond donors (Lipinski definition) is 1. The second-order valence-electron chi connectivity index (χ2n) is 4.26. The van der Waals surface area contributed by atoms with E-state index in [0.29, 0.717) is 17.5 Å². The predicted molar refractivity (Wildman–Crippen MR) is 78.7 cm³/mol. The van der Waals surface area contributed by atoms with Gasteiger partial charge in [0.25, 0.3) is 0 Å². The normalized spacial score (nSPS) is 14.4. The van der Waals surface area contributed by atoms with Crippen LogP contribution in [0, 0.1) is 3.57 Å². The molecule has 0 unspecified atom stereocenters. The van der Waals surface area contributed by atoms with E-state index in [1.165, 1.54) is 12.8 Å². The highest BCUT2D eigenvalue weighted by atomic mass is 127. The minimum Gasteiger partial charge on any atom is -0.493 e. The summed E-state index contributed by atoms with van der Waals surface area (Å²) >= 11 is 2.30. The van der Waals surface area contributed by atoms with Crippen molar-refractivity contribution in [3.63, 3.8) is 0 Å². The molecule has 0 atom stereocenters. The van der Waals surface area contributed by atoms with Gasteiger partial charge in [-0.2, -0.15) is 0 Å². The first-order valence-electron chi connectivity index (χ1n) is 5.92. The van der Waals surface area contributed by atoms with E-state index in [0.717, 1.165) is 21.4 Å². The lowest BCUT2D eigenvalue weighted by molar-refractivity contribution is 0.321. The van der Waals surface area contributed by atoms with Crippen molar-refractivity contribution in [1.29, 1.82) is 0 Å². The summed E-state index contributed by atoms with van der Waals surface area (Å²) in [6.45, 7) is 0.798. The first-order valence-corrected chi connectivity index (χ1v) is 6.99. The fourth-order valence-corrected chi connectivity index (χ4v) is 2.60. The lowest BCUT2D eigenvalue weighted by atomic mass is 10.1. The lowest BCUT2D eigenvalue weighted by Crippen LogP contribution is -2.17. The zero-order valence-electron chi connectivity index (χ0n) is 10.9. The molecule has 0 radical (unpaired) electrons. The van der Waals surface area contributed by atoms with Gasteiger partial charge in [0, 0.05) is 21.7 Å². The maximum Gasteiger partial charge on any atom is 0.203 e. The molecule has 4 nitrogen and oxygen atoms in total. The van der Waals surface area contributed by atoms with E-state index in [9.17, 15) is 0 Å². The Bertz CT molecular complexity index is 433. The number of methoxy groups -OCH3 is 3. The summed E-state index contributed by atoms with van der Waals surface area (Å²) in [5.74, 6) is 2.12. The van der Waals surface area contributed by atoms with Gasteiger partial charge in [0.15, 0.2) is 11.5 Å². The van der Waals surface area contributed by atoms with E-state index in [4.69, 9.17) is 14.2 Å². The molecular weight excluding hydrogens is 345 g/mol. The average Bonchev–Trinajstić information content (AvgIpc) is 3.19. The van der Waals surface area contributed by atoms with Crippen molar-refractivity contribution in [2.75, 3.05) is 21.3 Å². The second kappa shape index (κ2) is 5.97. The summed E-state index contributed by atoms with van der Waals surface area (Å²) < 4.78 is 17.3. The lowest BCUT2D eigenvalue weighted by Gasteiger charge is -2.17. The summed E-state index contributed by atoms with van der Waals surface area (Å²) in [7, 11) is 4.93. The van der Waals surface area contributed by atoms with Crippen molar-refractivity contribution in [2.45, 2.75) is 25.4 Å². The summed E-state index contributed by atoms with van der Waals surface area (Å²) in [6, 6.07) is 2.64. The van der Waals surface area contributed by atoms with Gasteiger partial charge in [0.1, 0.15) is 0 Å². The van der Waals surface area contributed by atoms with Crippen LogP contribution in [0.1, 0.15) is 18.4 Å². The molecule has 0 aliphatic heterocycles. The Morgan fingerprint density at radius 3 is 2.33 bits per heavy atom. The molecule has 1 aromatic carbocycles. The molecule has 1 aromatic rings. The van der Waals surface area contributed by atoms with Gasteiger partial charge in [-0.3, -0.25) is 0 Å². The van der Waals surface area contributed by atoms with Crippen LogP contribution >= 0.6 is 22.6 Å². The van der Waals surface area contributed by atoms with Gasteiger partial charge in [-0.05, 0) is 41.5 Å². The largest absolute Gasteiger partial charge is 0.493 e. The van der Waals surface area contributed by atoms with Crippen LogP contribution in [0.4, 0.5) is 0 Å². The molecule has 0 aromatic heterocycles. The zero-order chi connectivity index (χ0) is 13.1. The van der Waals surface area contributed by atoms with Gasteiger partial charge >= 0.3 is 0 Å². The van der Waals surface area contributed by atoms with E-state index in [2.05, 4.69) is 27.9 Å². The third-order valence-electron chi connectivity index (χ3n) is 3.02. The Balaban J connectivity index is 2.35. The maximum absolute atomic E-state index is 5.49. The molecule has 1 N–H and O–H groups in total. The van der Waals surface area contributed by atoms with Crippen LogP contribution in [-0.2, 0) is 6.54 Å². The molecule has 0 heterocycles. The van der Waals surface area contributed by atoms with Gasteiger partial charge in [-0.25, -0.2) is 0 Å². The number of halogens is 1. The maximum atomic E-state index is 5.49. The first kappa shape index (κ1) is 13.7. The third-order valence-corrected chi connectivity index (χ3v) is 3.99. The third kappa shape index (κ3) is 2.83. The molecule has 1 aliphatic rings. The molecule has 2 rings (SSSR count). The van der Waals surface area contributed by atoms with Crippen molar-refractivity contribution >= 4 is 22.6 Å². The van der Waals surface area contributed by atoms with E-state index < -0.39 is 0 Å². The Kier molecular flexibility index (Phi) is 4.55. The van der Waals surface area contributed by atoms with Crippen molar-refractivity contribution in [3.05, 3.63) is 15.2 Å². The molecular formula is C13H18INO3. The van der Waals surface area contributed by atoms with E-state index in [1.54, 1.807) is 21.3 Å². The first-order chi connectivity index (χ1) is 8.71. The topological polar surface area (TPSA) is 39.7 Å². The smallest absolute Gasteiger partial charge is 0.203 e. The minimum atomic E-state index is 0.660. The number of nitrogens with one attached hydrogen (secondary N) is 1. The number of benzene rings is 1. The predicted octanol–water partition coefficient (Wildman–Crippen LogP) is 2.57. The van der Waals surface area contributed by atoms with Gasteiger partial charge in [0.2, 0.25) is 5.75 Å². The molecule has 0 saturated heterocycles. The number of hydrogen-bond acceptors (Lipinski definition) is 4. The van der Waals surface area contributed by atoms with Gasteiger partial charge in [0.05, 0.1) is 21.3 Å². The van der Waals surface area contributed by atoms with Gasteiger partial charge in [-0.1, -0.05) is 0 Å². The van der Waals surface area contributed by atoms with Crippen LogP contribution < -0.4 is 19.5 Å². The van der Waals surface area contributed by atoms with Crippen LogP contribution in [0.25, 0.3) is 0 Å². The van der Waals surface area contributed by atoms with Crippen molar-refractivity contribution < 1.29 is 14.2 Å². The molecule has 5 heteroatoms. The monoisotopic (exact) mass is 363 g/mol. The molecule has 18 heavy (non-hydrogen) atoms. The highest BCUT2D eigenvalue weighted by Gasteiger charge is 2.23. The Hall–Kier alpha value is -0.690. The number of rotatable bonds is 6. The van der Waals surface area contributed by atoms with E-state index in [1.807, 2.05) is 6.07 Å². The van der Waals surface area contributed by atoms with Crippen LogP contribution in [0.3, 0.4) is 0 Å². The summed E-state index contributed by atoms with van der Waals surface area (Å²) in [6.07, 6.45) is 2.54.